The van der Waals surface area contributed by atoms with Crippen LogP contribution < -0.4 is 0 Å². The van der Waals surface area contributed by atoms with Gasteiger partial charge in [-0.25, -0.2) is 0 Å². The van der Waals surface area contributed by atoms with Crippen LogP contribution >= 0.6 is 0 Å². The third-order valence-corrected chi connectivity index (χ3v) is 9.95. The number of aryl methyl sites for hydroxylation is 1. The fourth-order valence-electron chi connectivity index (χ4n) is 5.68. The van der Waals surface area contributed by atoms with Crippen molar-refractivity contribution in [3.05, 3.63) is 42.0 Å². The van der Waals surface area contributed by atoms with E-state index < -0.39 is 33.7 Å². The molecule has 0 saturated carbocycles. The van der Waals surface area contributed by atoms with Crippen molar-refractivity contribution in [3.63, 3.8) is 0 Å². The number of rotatable bonds is 23. The molecule has 0 spiro atoms. The lowest BCUT2D eigenvalue weighted by Crippen LogP contribution is -2.44. The number of aliphatic hydroxyl groups excluding tert-OH is 1. The van der Waals surface area contributed by atoms with Crippen molar-refractivity contribution in [2.45, 2.75) is 184 Å². The zero-order valence-electron chi connectivity index (χ0n) is 29.1. The van der Waals surface area contributed by atoms with Gasteiger partial charge in [-0.3, -0.25) is 9.00 Å². The number of benzene rings is 1. The van der Waals surface area contributed by atoms with Crippen molar-refractivity contribution in [3.8, 4) is 0 Å². The van der Waals surface area contributed by atoms with E-state index >= 15 is 0 Å². The van der Waals surface area contributed by atoms with E-state index in [1.807, 2.05) is 19.1 Å². The average Bonchev–Trinajstić information content (AvgIpc) is 2.99. The summed E-state index contributed by atoms with van der Waals surface area (Å²) in [6.07, 6.45) is 22.9. The summed E-state index contributed by atoms with van der Waals surface area (Å²) in [6.45, 7) is 10.2. The van der Waals surface area contributed by atoms with Crippen LogP contribution in [-0.2, 0) is 29.8 Å². The van der Waals surface area contributed by atoms with Gasteiger partial charge in [0, 0.05) is 17.9 Å². The average molecular weight is 649 g/mol. The van der Waals surface area contributed by atoms with Crippen molar-refractivity contribution in [2.75, 3.05) is 6.61 Å². The molecule has 6 nitrogen and oxygen atoms in total. The summed E-state index contributed by atoms with van der Waals surface area (Å²) in [5, 5.41) is 10.3. The summed E-state index contributed by atoms with van der Waals surface area (Å²) in [4.78, 5) is 13.8. The van der Waals surface area contributed by atoms with Gasteiger partial charge in [-0.15, -0.1) is 0 Å². The highest BCUT2D eigenvalue weighted by Crippen LogP contribution is 2.26. The number of hydrogen-bond donors (Lipinski definition) is 1. The van der Waals surface area contributed by atoms with E-state index in [2.05, 4.69) is 19.1 Å². The third kappa shape index (κ3) is 17.8. The maximum Gasteiger partial charge on any atom is 0.325 e. The lowest BCUT2D eigenvalue weighted by molar-refractivity contribution is -0.194. The molecule has 2 rings (SSSR count). The molecule has 5 atom stereocenters. The van der Waals surface area contributed by atoms with Crippen LogP contribution in [0.1, 0.15) is 149 Å². The van der Waals surface area contributed by atoms with Crippen LogP contribution in [0.2, 0.25) is 0 Å². The van der Waals surface area contributed by atoms with Crippen molar-refractivity contribution < 1.29 is 28.3 Å². The zero-order chi connectivity index (χ0) is 32.9. The smallest absolute Gasteiger partial charge is 0.325 e. The van der Waals surface area contributed by atoms with Crippen molar-refractivity contribution in [1.29, 1.82) is 0 Å². The Kier molecular flexibility index (Phi) is 20.2. The first-order valence-electron chi connectivity index (χ1n) is 17.9. The Balaban J connectivity index is 1.88. The number of allylic oxidation sites excluding steroid dienone is 2. The molecule has 1 heterocycles. The second-order valence-electron chi connectivity index (χ2n) is 13.8. The van der Waals surface area contributed by atoms with E-state index in [0.29, 0.717) is 11.5 Å². The summed E-state index contributed by atoms with van der Waals surface area (Å²) >= 11 is 0. The molecule has 45 heavy (non-hydrogen) atoms. The first kappa shape index (κ1) is 39.6. The molecule has 1 aromatic carbocycles. The van der Waals surface area contributed by atoms with E-state index in [0.717, 1.165) is 50.5 Å². The first-order chi connectivity index (χ1) is 21.6. The SMILES string of the molecule is CCCCCCCC/C=C\CCCCCCC[C@H](C[C@H](O)[C@@H](C(=O)OC(C)(C)C)S(=O)c1ccc(C)cc1)OC1CCCCO1. The van der Waals surface area contributed by atoms with Crippen molar-refractivity contribution in [2.24, 2.45) is 0 Å². The van der Waals surface area contributed by atoms with E-state index in [1.165, 1.54) is 64.2 Å². The first-order valence-corrected chi connectivity index (χ1v) is 19.1. The minimum Gasteiger partial charge on any atom is -0.459 e. The maximum atomic E-state index is 13.7. The fraction of sp³-hybridized carbons (Fsp3) is 0.763. The van der Waals surface area contributed by atoms with Crippen LogP contribution in [0.4, 0.5) is 0 Å². The molecule has 1 fully saturated rings. The van der Waals surface area contributed by atoms with Gasteiger partial charge in [-0.1, -0.05) is 94.6 Å². The van der Waals surface area contributed by atoms with Gasteiger partial charge in [0.05, 0.1) is 23.0 Å². The predicted octanol–water partition coefficient (Wildman–Crippen LogP) is 9.51. The third-order valence-electron chi connectivity index (χ3n) is 8.25. The molecule has 1 aromatic rings. The number of esters is 1. The Morgan fingerprint density at radius 2 is 1.56 bits per heavy atom. The molecular formula is C38H64O6S. The largest absolute Gasteiger partial charge is 0.459 e. The van der Waals surface area contributed by atoms with Gasteiger partial charge in [0.2, 0.25) is 0 Å². The predicted molar refractivity (Wildman–Crippen MR) is 186 cm³/mol. The molecule has 7 heteroatoms. The lowest BCUT2D eigenvalue weighted by Gasteiger charge is -2.31. The molecule has 1 saturated heterocycles. The van der Waals surface area contributed by atoms with Gasteiger partial charge in [0.1, 0.15) is 5.60 Å². The fourth-order valence-corrected chi connectivity index (χ4v) is 6.99. The minimum atomic E-state index is -1.78. The monoisotopic (exact) mass is 648 g/mol. The number of carbonyl (C=O) groups is 1. The lowest BCUT2D eigenvalue weighted by atomic mass is 10.0. The van der Waals surface area contributed by atoms with E-state index in [-0.39, 0.29) is 18.8 Å². The van der Waals surface area contributed by atoms with Gasteiger partial charge in [-0.2, -0.15) is 0 Å². The standard InChI is InChI=1S/C38H64O6S/c1-6-7-8-9-10-11-12-13-14-15-16-17-18-19-20-23-32(43-35-24-21-22-29-42-35)30-34(39)36(37(40)44-38(3,4)5)45(41)33-27-25-31(2)26-28-33/h13-14,25-28,32,34-36,39H,6-12,15-24,29-30H2,1-5H3/b14-13-/t32-,34+,35?,36+,45?/m1/s1. The van der Waals surface area contributed by atoms with Crippen LogP contribution in [0, 0.1) is 6.92 Å². The molecule has 258 valence electrons. The van der Waals surface area contributed by atoms with Crippen LogP contribution in [-0.4, -0.2) is 51.2 Å². The Bertz CT molecular complexity index is 963. The molecule has 1 aliphatic rings. The number of hydrogen-bond acceptors (Lipinski definition) is 6. The number of carbonyl (C=O) groups excluding carboxylic acids is 1. The van der Waals surface area contributed by atoms with Gasteiger partial charge < -0.3 is 19.3 Å². The van der Waals surface area contributed by atoms with Gasteiger partial charge in [0.25, 0.3) is 0 Å². The topological polar surface area (TPSA) is 82.1 Å². The number of aliphatic hydroxyl groups is 1. The van der Waals surface area contributed by atoms with Crippen LogP contribution in [0.15, 0.2) is 41.3 Å². The van der Waals surface area contributed by atoms with Crippen LogP contribution in [0.3, 0.4) is 0 Å². The van der Waals surface area contributed by atoms with Crippen molar-refractivity contribution >= 4 is 16.8 Å². The second-order valence-corrected chi connectivity index (χ2v) is 15.4. The minimum absolute atomic E-state index is 0.199. The quantitative estimate of drug-likeness (QED) is 0.0723. The second kappa shape index (κ2) is 22.9. The number of unbranched alkanes of at least 4 members (excludes halogenated alkanes) is 11. The number of ether oxygens (including phenoxy) is 3. The molecule has 1 N–H and O–H groups in total. The Morgan fingerprint density at radius 1 is 0.956 bits per heavy atom. The summed E-state index contributed by atoms with van der Waals surface area (Å²) in [6, 6.07) is 7.24. The molecule has 0 aromatic heterocycles. The summed E-state index contributed by atoms with van der Waals surface area (Å²) < 4.78 is 31.6. The van der Waals surface area contributed by atoms with Crippen LogP contribution in [0.25, 0.3) is 0 Å². The summed E-state index contributed by atoms with van der Waals surface area (Å²) in [5.74, 6) is -0.650. The zero-order valence-corrected chi connectivity index (χ0v) is 29.9. The Labute approximate surface area is 277 Å². The van der Waals surface area contributed by atoms with Gasteiger partial charge >= 0.3 is 5.97 Å². The molecule has 0 amide bonds. The van der Waals surface area contributed by atoms with E-state index in [1.54, 1.807) is 32.9 Å². The summed E-state index contributed by atoms with van der Waals surface area (Å²) in [5.41, 5.74) is 0.271. The Morgan fingerprint density at radius 3 is 2.13 bits per heavy atom. The normalized spacial score (nSPS) is 18.5. The van der Waals surface area contributed by atoms with E-state index in [4.69, 9.17) is 14.2 Å². The highest BCUT2D eigenvalue weighted by atomic mass is 32.2. The van der Waals surface area contributed by atoms with Gasteiger partial charge in [-0.05, 0) is 91.2 Å². The maximum absolute atomic E-state index is 13.7. The van der Waals surface area contributed by atoms with Crippen LogP contribution in [0.5, 0.6) is 0 Å². The van der Waals surface area contributed by atoms with Gasteiger partial charge in [0.15, 0.2) is 11.5 Å². The highest BCUT2D eigenvalue weighted by molar-refractivity contribution is 7.86. The Hall–Kier alpha value is -1.54. The van der Waals surface area contributed by atoms with Crippen molar-refractivity contribution in [1.82, 2.24) is 0 Å². The highest BCUT2D eigenvalue weighted by Gasteiger charge is 2.38. The molecule has 0 radical (unpaired) electrons. The molecule has 0 aliphatic carbocycles. The summed E-state index contributed by atoms with van der Waals surface area (Å²) in [7, 11) is -1.78. The molecule has 0 bridgehead atoms. The molecular weight excluding hydrogens is 584 g/mol. The molecule has 2 unspecified atom stereocenters. The van der Waals surface area contributed by atoms with E-state index in [9.17, 15) is 14.1 Å². The molecule has 1 aliphatic heterocycles.